The Hall–Kier alpha value is -4.93. The SMILES string of the molecule is COC(=O)[C@H](CCCC/N=c1\nc(NC(=O)c2ccc(Br)cc2)ccn1[C@@H]1O[C@H](CO)[C@@H](O)[C@H]1O)NC(=O)OCC1c2ccccc2-c2ccccc21. The average Bonchev–Trinajstić information content (AvgIpc) is 3.65. The second kappa shape index (κ2) is 17.3. The molecule has 1 aliphatic carbocycles. The normalized spacial score (nSPS) is 20.0. The molecule has 278 valence electrons. The molecular formula is C38H40BrN5O9. The van der Waals surface area contributed by atoms with Crippen LogP contribution in [0.4, 0.5) is 10.6 Å². The Morgan fingerprint density at radius 2 is 1.64 bits per heavy atom. The predicted octanol–water partition coefficient (Wildman–Crippen LogP) is 3.66. The van der Waals surface area contributed by atoms with Crippen molar-refractivity contribution in [2.24, 2.45) is 4.99 Å². The van der Waals surface area contributed by atoms with Gasteiger partial charge in [-0.2, -0.15) is 4.98 Å². The molecule has 5 atom stereocenters. The molecule has 14 nitrogen and oxygen atoms in total. The first-order chi connectivity index (χ1) is 25.7. The minimum absolute atomic E-state index is 0.0785. The standard InChI is InChI=1S/C38H40BrN5O9/c1-51-36(49)29(41-38(50)52-21-28-26-10-4-2-8-24(26)25-9-3-5-11-27(25)28)12-6-7-18-40-37-43-31(42-34(48)22-13-15-23(39)16-14-22)17-19-44(37)35-33(47)32(46)30(20-45)53-35/h2-5,8-11,13-17,19,28-30,32-33,35,45-47H,6-7,12,18,20-21H2,1H3,(H,41,50)(H,40,42,43,48)/t29-,30+,32+,33+,35+/m0/s1. The van der Waals surface area contributed by atoms with E-state index in [1.807, 2.05) is 48.5 Å². The lowest BCUT2D eigenvalue weighted by Gasteiger charge is -2.19. The van der Waals surface area contributed by atoms with E-state index >= 15 is 0 Å². The summed E-state index contributed by atoms with van der Waals surface area (Å²) in [4.78, 5) is 47.5. The first-order valence-corrected chi connectivity index (χ1v) is 18.0. The third kappa shape index (κ3) is 8.66. The van der Waals surface area contributed by atoms with Crippen molar-refractivity contribution in [2.75, 3.05) is 32.2 Å². The van der Waals surface area contributed by atoms with Crippen molar-refractivity contribution in [1.82, 2.24) is 14.9 Å². The number of esters is 1. The molecule has 5 N–H and O–H groups in total. The summed E-state index contributed by atoms with van der Waals surface area (Å²) in [6.07, 6.45) is -2.97. The third-order valence-corrected chi connectivity index (χ3v) is 9.79. The quantitative estimate of drug-likeness (QED) is 0.0986. The molecule has 1 aromatic heterocycles. The lowest BCUT2D eigenvalue weighted by molar-refractivity contribution is -0.143. The van der Waals surface area contributed by atoms with Gasteiger partial charge in [0.25, 0.3) is 5.91 Å². The molecule has 0 saturated carbocycles. The highest BCUT2D eigenvalue weighted by molar-refractivity contribution is 9.10. The number of carbonyl (C=O) groups excluding carboxylic acids is 3. The molecule has 2 heterocycles. The number of amides is 2. The van der Waals surface area contributed by atoms with E-state index in [0.29, 0.717) is 18.4 Å². The van der Waals surface area contributed by atoms with Crippen LogP contribution in [-0.4, -0.2) is 94.1 Å². The monoisotopic (exact) mass is 789 g/mol. The predicted molar refractivity (Wildman–Crippen MR) is 196 cm³/mol. The Balaban J connectivity index is 1.09. The molecule has 0 unspecified atom stereocenters. The number of halogens is 1. The number of methoxy groups -OCH3 is 1. The Labute approximate surface area is 313 Å². The number of aromatic nitrogens is 2. The number of aliphatic hydroxyl groups excluding tert-OH is 3. The van der Waals surface area contributed by atoms with Crippen molar-refractivity contribution in [3.8, 4) is 11.1 Å². The van der Waals surface area contributed by atoms with Crippen molar-refractivity contribution < 1.29 is 43.9 Å². The van der Waals surface area contributed by atoms with Gasteiger partial charge in [0, 0.05) is 28.7 Å². The number of alkyl carbamates (subject to hydrolysis) is 1. The zero-order valence-electron chi connectivity index (χ0n) is 28.8. The van der Waals surface area contributed by atoms with Gasteiger partial charge >= 0.3 is 12.1 Å². The van der Waals surface area contributed by atoms with Gasteiger partial charge in [-0.05, 0) is 71.8 Å². The largest absolute Gasteiger partial charge is 0.467 e. The van der Waals surface area contributed by atoms with E-state index in [1.165, 1.54) is 23.9 Å². The smallest absolute Gasteiger partial charge is 0.407 e. The molecule has 3 aromatic carbocycles. The number of nitrogens with one attached hydrogen (secondary N) is 2. The topological polar surface area (TPSA) is 194 Å². The number of benzene rings is 3. The van der Waals surface area contributed by atoms with Gasteiger partial charge in [-0.3, -0.25) is 14.4 Å². The zero-order chi connectivity index (χ0) is 37.5. The fraction of sp³-hybridized carbons (Fsp3) is 0.342. The van der Waals surface area contributed by atoms with Gasteiger partial charge in [0.1, 0.15) is 36.8 Å². The molecule has 2 amide bonds. The fourth-order valence-electron chi connectivity index (χ4n) is 6.52. The number of carbonyl (C=O) groups is 3. The van der Waals surface area contributed by atoms with E-state index in [1.54, 1.807) is 24.3 Å². The van der Waals surface area contributed by atoms with Gasteiger partial charge in [-0.1, -0.05) is 64.5 Å². The van der Waals surface area contributed by atoms with Gasteiger partial charge in [0.15, 0.2) is 6.23 Å². The van der Waals surface area contributed by atoms with Crippen molar-refractivity contribution in [3.63, 3.8) is 0 Å². The van der Waals surface area contributed by atoms with E-state index in [0.717, 1.165) is 26.7 Å². The van der Waals surface area contributed by atoms with E-state index in [9.17, 15) is 29.7 Å². The number of hydrogen-bond acceptors (Lipinski definition) is 11. The van der Waals surface area contributed by atoms with Crippen LogP contribution < -0.4 is 16.3 Å². The number of hydrogen-bond donors (Lipinski definition) is 5. The maximum Gasteiger partial charge on any atom is 0.407 e. The average molecular weight is 791 g/mol. The number of anilines is 1. The van der Waals surface area contributed by atoms with Gasteiger partial charge in [-0.25, -0.2) is 9.59 Å². The highest BCUT2D eigenvalue weighted by Crippen LogP contribution is 2.44. The van der Waals surface area contributed by atoms with Gasteiger partial charge in [0.05, 0.1) is 13.7 Å². The Kier molecular flexibility index (Phi) is 12.3. The highest BCUT2D eigenvalue weighted by atomic mass is 79.9. The molecule has 1 aliphatic heterocycles. The van der Waals surface area contributed by atoms with Crippen molar-refractivity contribution >= 4 is 39.7 Å². The van der Waals surface area contributed by atoms with Crippen LogP contribution in [0.1, 0.15) is 52.9 Å². The van der Waals surface area contributed by atoms with Crippen molar-refractivity contribution in [3.05, 3.63) is 112 Å². The summed E-state index contributed by atoms with van der Waals surface area (Å²) in [5.41, 5.74) is 4.83. The van der Waals surface area contributed by atoms with E-state index < -0.39 is 55.2 Å². The highest BCUT2D eigenvalue weighted by Gasteiger charge is 2.43. The van der Waals surface area contributed by atoms with Crippen LogP contribution >= 0.6 is 15.9 Å². The Morgan fingerprint density at radius 3 is 2.28 bits per heavy atom. The Bertz CT molecular complexity index is 1960. The lowest BCUT2D eigenvalue weighted by atomic mass is 9.98. The summed E-state index contributed by atoms with van der Waals surface area (Å²) in [7, 11) is 1.24. The van der Waals surface area contributed by atoms with E-state index in [-0.39, 0.29) is 36.9 Å². The van der Waals surface area contributed by atoms with Crippen LogP contribution in [0.15, 0.2) is 94.5 Å². The first kappa shape index (κ1) is 37.8. The molecule has 15 heteroatoms. The lowest BCUT2D eigenvalue weighted by Crippen LogP contribution is -2.42. The number of aliphatic hydroxyl groups is 3. The molecule has 0 radical (unpaired) electrons. The molecule has 1 fully saturated rings. The number of unbranched alkanes of at least 4 members (excludes halogenated alkanes) is 1. The number of nitrogens with zero attached hydrogens (tertiary/aromatic N) is 3. The molecule has 1 saturated heterocycles. The number of rotatable bonds is 13. The summed E-state index contributed by atoms with van der Waals surface area (Å²) in [5, 5.41) is 36.0. The van der Waals surface area contributed by atoms with Crippen LogP contribution in [0.5, 0.6) is 0 Å². The molecule has 53 heavy (non-hydrogen) atoms. The Morgan fingerprint density at radius 1 is 0.962 bits per heavy atom. The summed E-state index contributed by atoms with van der Waals surface area (Å²) in [5.74, 6) is -0.977. The zero-order valence-corrected chi connectivity index (χ0v) is 30.4. The van der Waals surface area contributed by atoms with Crippen molar-refractivity contribution in [1.29, 1.82) is 0 Å². The van der Waals surface area contributed by atoms with E-state index in [4.69, 9.17) is 14.2 Å². The van der Waals surface area contributed by atoms with Crippen LogP contribution in [0.3, 0.4) is 0 Å². The molecule has 0 bridgehead atoms. The van der Waals surface area contributed by atoms with Gasteiger partial charge in [-0.15, -0.1) is 0 Å². The second-order valence-electron chi connectivity index (χ2n) is 12.6. The van der Waals surface area contributed by atoms with Gasteiger partial charge < -0.3 is 40.2 Å². The van der Waals surface area contributed by atoms with E-state index in [2.05, 4.69) is 36.5 Å². The van der Waals surface area contributed by atoms with Crippen LogP contribution in [-0.2, 0) is 19.0 Å². The summed E-state index contributed by atoms with van der Waals surface area (Å²) < 4.78 is 18.5. The van der Waals surface area contributed by atoms with Crippen molar-refractivity contribution in [2.45, 2.75) is 55.8 Å². The molecule has 4 aromatic rings. The van der Waals surface area contributed by atoms with Crippen LogP contribution in [0.2, 0.25) is 0 Å². The maximum atomic E-state index is 12.9. The first-order valence-electron chi connectivity index (χ1n) is 17.2. The fourth-order valence-corrected chi connectivity index (χ4v) is 6.78. The third-order valence-electron chi connectivity index (χ3n) is 9.26. The minimum Gasteiger partial charge on any atom is -0.467 e. The summed E-state index contributed by atoms with van der Waals surface area (Å²) in [6.45, 7) is -0.218. The van der Waals surface area contributed by atoms with Crippen LogP contribution in [0, 0.1) is 0 Å². The van der Waals surface area contributed by atoms with Gasteiger partial charge in [0.2, 0.25) is 5.62 Å². The maximum absolute atomic E-state index is 12.9. The minimum atomic E-state index is -1.39. The molecule has 6 rings (SSSR count). The molecule has 2 aliphatic rings. The second-order valence-corrected chi connectivity index (χ2v) is 13.5. The van der Waals surface area contributed by atoms with Crippen LogP contribution in [0.25, 0.3) is 11.1 Å². The molecule has 0 spiro atoms. The number of fused-ring (bicyclic) bond motifs is 3. The summed E-state index contributed by atoms with van der Waals surface area (Å²) >= 11 is 3.35. The summed E-state index contributed by atoms with van der Waals surface area (Å²) in [6, 6.07) is 23.3. The number of ether oxygens (including phenoxy) is 3. The molecular weight excluding hydrogens is 750 g/mol.